The normalized spacial score (nSPS) is 11.0. The Morgan fingerprint density at radius 3 is 2.95 bits per heavy atom. The second-order valence-corrected chi connectivity index (χ2v) is 5.47. The number of fused-ring (bicyclic) bond motifs is 1. The van der Waals surface area contributed by atoms with Crippen molar-refractivity contribution in [3.8, 4) is 0 Å². The number of nitrogens with zero attached hydrogens (tertiary/aromatic N) is 3. The lowest BCUT2D eigenvalue weighted by Crippen LogP contribution is -1.92. The third-order valence-electron chi connectivity index (χ3n) is 2.65. The smallest absolute Gasteiger partial charge is 0.195 e. The molecule has 6 heteroatoms. The molecule has 0 saturated heterocycles. The van der Waals surface area contributed by atoms with Gasteiger partial charge in [0.25, 0.3) is 0 Å². The first-order chi connectivity index (χ1) is 9.22. The highest BCUT2D eigenvalue weighted by Crippen LogP contribution is 2.23. The van der Waals surface area contributed by atoms with Gasteiger partial charge in [0.2, 0.25) is 0 Å². The van der Waals surface area contributed by atoms with Crippen molar-refractivity contribution < 1.29 is 0 Å². The first-order valence-corrected chi connectivity index (χ1v) is 7.06. The van der Waals surface area contributed by atoms with Crippen molar-refractivity contribution in [1.29, 1.82) is 0 Å². The number of rotatable bonds is 3. The lowest BCUT2D eigenvalue weighted by molar-refractivity contribution is 0.922. The predicted octanol–water partition coefficient (Wildman–Crippen LogP) is 3.26. The van der Waals surface area contributed by atoms with E-state index < -0.39 is 0 Å². The van der Waals surface area contributed by atoms with E-state index in [4.69, 9.17) is 17.3 Å². The van der Waals surface area contributed by atoms with E-state index in [2.05, 4.69) is 10.2 Å². The Hall–Kier alpha value is -1.72. The Labute approximate surface area is 119 Å². The maximum atomic E-state index is 5.96. The molecule has 0 aliphatic heterocycles. The van der Waals surface area contributed by atoms with E-state index >= 15 is 0 Å². The molecular formula is C13H11ClN4S. The summed E-state index contributed by atoms with van der Waals surface area (Å²) in [7, 11) is 0. The zero-order chi connectivity index (χ0) is 13.2. The van der Waals surface area contributed by atoms with E-state index in [1.165, 1.54) is 0 Å². The summed E-state index contributed by atoms with van der Waals surface area (Å²) < 4.78 is 1.89. The van der Waals surface area contributed by atoms with Gasteiger partial charge in [-0.3, -0.25) is 4.40 Å². The Morgan fingerprint density at radius 1 is 1.21 bits per heavy atom. The van der Waals surface area contributed by atoms with Crippen molar-refractivity contribution >= 4 is 34.7 Å². The summed E-state index contributed by atoms with van der Waals surface area (Å²) in [6, 6.07) is 11.5. The zero-order valence-electron chi connectivity index (χ0n) is 9.95. The molecule has 19 heavy (non-hydrogen) atoms. The number of thioether (sulfide) groups is 1. The number of nitrogen functional groups attached to an aromatic ring is 1. The standard InChI is InChI=1S/C13H11ClN4S/c14-10-3-1-2-9(6-10)8-19-13-17-16-12-5-4-11(15)7-18(12)13/h1-7H,8,15H2. The Kier molecular flexibility index (Phi) is 3.31. The van der Waals surface area contributed by atoms with Gasteiger partial charge in [0.05, 0.1) is 0 Å². The lowest BCUT2D eigenvalue weighted by Gasteiger charge is -2.02. The van der Waals surface area contributed by atoms with E-state index in [-0.39, 0.29) is 0 Å². The average molecular weight is 291 g/mol. The molecule has 0 unspecified atom stereocenters. The van der Waals surface area contributed by atoms with Crippen molar-refractivity contribution in [1.82, 2.24) is 14.6 Å². The number of benzene rings is 1. The number of nitrogens with two attached hydrogens (primary N) is 1. The van der Waals surface area contributed by atoms with Crippen molar-refractivity contribution in [2.45, 2.75) is 10.9 Å². The molecule has 2 aromatic heterocycles. The highest BCUT2D eigenvalue weighted by atomic mass is 35.5. The Morgan fingerprint density at radius 2 is 2.11 bits per heavy atom. The number of aromatic nitrogens is 3. The fraction of sp³-hybridized carbons (Fsp3) is 0.0769. The minimum Gasteiger partial charge on any atom is -0.398 e. The number of anilines is 1. The van der Waals surface area contributed by atoms with Crippen molar-refractivity contribution in [3.63, 3.8) is 0 Å². The molecule has 2 N–H and O–H groups in total. The van der Waals surface area contributed by atoms with Crippen LogP contribution in [-0.2, 0) is 5.75 Å². The fourth-order valence-corrected chi connectivity index (χ4v) is 2.83. The average Bonchev–Trinajstić information content (AvgIpc) is 2.79. The summed E-state index contributed by atoms with van der Waals surface area (Å²) in [6.07, 6.45) is 1.83. The van der Waals surface area contributed by atoms with Crippen LogP contribution in [0, 0.1) is 0 Å². The Bertz CT molecular complexity index is 725. The molecule has 2 heterocycles. The van der Waals surface area contributed by atoms with Gasteiger partial charge in [-0.1, -0.05) is 35.5 Å². The molecule has 0 atom stereocenters. The van der Waals surface area contributed by atoms with Crippen LogP contribution in [0.4, 0.5) is 5.69 Å². The van der Waals surface area contributed by atoms with Crippen LogP contribution in [0.25, 0.3) is 5.65 Å². The molecule has 3 rings (SSSR count). The highest BCUT2D eigenvalue weighted by Gasteiger charge is 2.06. The molecule has 0 bridgehead atoms. The second-order valence-electron chi connectivity index (χ2n) is 4.09. The van der Waals surface area contributed by atoms with Crippen LogP contribution in [0.15, 0.2) is 47.8 Å². The summed E-state index contributed by atoms with van der Waals surface area (Å²) in [5.41, 5.74) is 8.41. The van der Waals surface area contributed by atoms with E-state index in [0.717, 1.165) is 27.1 Å². The first kappa shape index (κ1) is 12.3. The molecule has 0 aliphatic carbocycles. The predicted molar refractivity (Wildman–Crippen MR) is 78.4 cm³/mol. The molecule has 0 spiro atoms. The van der Waals surface area contributed by atoms with Gasteiger partial charge in [0.15, 0.2) is 10.8 Å². The molecule has 0 radical (unpaired) electrons. The van der Waals surface area contributed by atoms with Gasteiger partial charge < -0.3 is 5.73 Å². The van der Waals surface area contributed by atoms with E-state index in [9.17, 15) is 0 Å². The molecule has 0 saturated carbocycles. The van der Waals surface area contributed by atoms with Crippen molar-refractivity contribution in [3.05, 3.63) is 53.2 Å². The maximum absolute atomic E-state index is 5.96. The second kappa shape index (κ2) is 5.11. The van der Waals surface area contributed by atoms with Gasteiger partial charge in [-0.15, -0.1) is 10.2 Å². The van der Waals surface area contributed by atoms with Crippen LogP contribution in [0.5, 0.6) is 0 Å². The first-order valence-electron chi connectivity index (χ1n) is 5.70. The fourth-order valence-electron chi connectivity index (χ4n) is 1.76. The molecule has 0 amide bonds. The number of halogens is 1. The number of hydrogen-bond donors (Lipinski definition) is 1. The molecule has 1 aromatic carbocycles. The molecule has 3 aromatic rings. The number of pyridine rings is 1. The summed E-state index contributed by atoms with van der Waals surface area (Å²) >= 11 is 7.56. The maximum Gasteiger partial charge on any atom is 0.195 e. The summed E-state index contributed by atoms with van der Waals surface area (Å²) in [5, 5.41) is 9.83. The zero-order valence-corrected chi connectivity index (χ0v) is 11.5. The molecule has 0 fully saturated rings. The summed E-state index contributed by atoms with van der Waals surface area (Å²) in [6.45, 7) is 0. The molecular weight excluding hydrogens is 280 g/mol. The largest absolute Gasteiger partial charge is 0.398 e. The van der Waals surface area contributed by atoms with Gasteiger partial charge in [0, 0.05) is 22.7 Å². The minimum atomic E-state index is 0.692. The third kappa shape index (κ3) is 2.67. The molecule has 0 aliphatic rings. The van der Waals surface area contributed by atoms with Crippen LogP contribution in [0.2, 0.25) is 5.02 Å². The van der Waals surface area contributed by atoms with Crippen LogP contribution in [0.3, 0.4) is 0 Å². The van der Waals surface area contributed by atoms with Crippen LogP contribution in [0.1, 0.15) is 5.56 Å². The molecule has 96 valence electrons. The topological polar surface area (TPSA) is 56.2 Å². The van der Waals surface area contributed by atoms with Crippen LogP contribution >= 0.6 is 23.4 Å². The minimum absolute atomic E-state index is 0.692. The van der Waals surface area contributed by atoms with Gasteiger partial charge in [-0.05, 0) is 29.8 Å². The van der Waals surface area contributed by atoms with Crippen molar-refractivity contribution in [2.24, 2.45) is 0 Å². The highest BCUT2D eigenvalue weighted by molar-refractivity contribution is 7.98. The van der Waals surface area contributed by atoms with Gasteiger partial charge in [-0.2, -0.15) is 0 Å². The summed E-state index contributed by atoms with van der Waals surface area (Å²) in [4.78, 5) is 0. The van der Waals surface area contributed by atoms with E-state index in [0.29, 0.717) is 5.69 Å². The quantitative estimate of drug-likeness (QED) is 0.752. The Balaban J connectivity index is 1.84. The SMILES string of the molecule is Nc1ccc2nnc(SCc3cccc(Cl)c3)n2c1. The summed E-state index contributed by atoms with van der Waals surface area (Å²) in [5.74, 6) is 0.788. The third-order valence-corrected chi connectivity index (χ3v) is 3.90. The van der Waals surface area contributed by atoms with Gasteiger partial charge >= 0.3 is 0 Å². The van der Waals surface area contributed by atoms with Gasteiger partial charge in [0.1, 0.15) is 0 Å². The van der Waals surface area contributed by atoms with E-state index in [1.807, 2.05) is 47.0 Å². The van der Waals surface area contributed by atoms with Crippen LogP contribution < -0.4 is 5.73 Å². The van der Waals surface area contributed by atoms with E-state index in [1.54, 1.807) is 11.8 Å². The number of hydrogen-bond acceptors (Lipinski definition) is 4. The lowest BCUT2D eigenvalue weighted by atomic mass is 10.2. The van der Waals surface area contributed by atoms with Crippen LogP contribution in [-0.4, -0.2) is 14.6 Å². The van der Waals surface area contributed by atoms with Gasteiger partial charge in [-0.25, -0.2) is 0 Å². The van der Waals surface area contributed by atoms with Crippen molar-refractivity contribution in [2.75, 3.05) is 5.73 Å². The molecule has 4 nitrogen and oxygen atoms in total. The monoisotopic (exact) mass is 290 g/mol.